The van der Waals surface area contributed by atoms with Crippen LogP contribution in [0.5, 0.6) is 0 Å². The molecule has 2 aromatic rings. The van der Waals surface area contributed by atoms with Gasteiger partial charge >= 0.3 is 0 Å². The van der Waals surface area contributed by atoms with E-state index in [0.29, 0.717) is 0 Å². The molecule has 0 saturated carbocycles. The zero-order valence-electron chi connectivity index (χ0n) is 15.3. The molecule has 1 aliphatic rings. The summed E-state index contributed by atoms with van der Waals surface area (Å²) in [5.74, 6) is -1.87. The van der Waals surface area contributed by atoms with E-state index < -0.39 is 35.4 Å². The van der Waals surface area contributed by atoms with Crippen LogP contribution >= 0.6 is 11.6 Å². The van der Waals surface area contributed by atoms with Crippen molar-refractivity contribution in [1.29, 1.82) is 0 Å². The van der Waals surface area contributed by atoms with Crippen LogP contribution in [-0.2, 0) is 4.74 Å². The van der Waals surface area contributed by atoms with E-state index in [1.54, 1.807) is 24.3 Å². The molecule has 3 atom stereocenters. The van der Waals surface area contributed by atoms with Crippen LogP contribution in [0.2, 0.25) is 5.02 Å². The number of hydrogen-bond donors (Lipinski definition) is 4. The predicted octanol–water partition coefficient (Wildman–Crippen LogP) is 1.13. The minimum atomic E-state index is -1.78. The van der Waals surface area contributed by atoms with Crippen molar-refractivity contribution in [2.45, 2.75) is 17.8 Å². The number of benzene rings is 2. The fraction of sp³-hybridized carbons (Fsp3) is 0.300. The third-order valence-corrected chi connectivity index (χ3v) is 5.04. The van der Waals surface area contributed by atoms with Crippen LogP contribution < -0.4 is 10.6 Å². The summed E-state index contributed by atoms with van der Waals surface area (Å²) < 4.78 is 19.1. The zero-order valence-corrected chi connectivity index (χ0v) is 16.0. The molecule has 0 radical (unpaired) electrons. The summed E-state index contributed by atoms with van der Waals surface area (Å²) in [6.07, 6.45) is -2.27. The summed E-state index contributed by atoms with van der Waals surface area (Å²) in [7, 11) is 0. The van der Waals surface area contributed by atoms with E-state index in [9.17, 15) is 24.2 Å². The topological polar surface area (TPSA) is 108 Å². The van der Waals surface area contributed by atoms with Gasteiger partial charge in [-0.1, -0.05) is 35.9 Å². The van der Waals surface area contributed by atoms with Gasteiger partial charge in [-0.15, -0.1) is 0 Å². The molecule has 29 heavy (non-hydrogen) atoms. The highest BCUT2D eigenvalue weighted by Gasteiger charge is 2.48. The molecule has 154 valence electrons. The van der Waals surface area contributed by atoms with Gasteiger partial charge in [-0.3, -0.25) is 9.59 Å². The van der Waals surface area contributed by atoms with E-state index in [4.69, 9.17) is 16.3 Å². The quantitative estimate of drug-likeness (QED) is 0.558. The van der Waals surface area contributed by atoms with Gasteiger partial charge < -0.3 is 25.6 Å². The molecule has 3 rings (SSSR count). The van der Waals surface area contributed by atoms with Crippen LogP contribution in [0.25, 0.3) is 0 Å². The van der Waals surface area contributed by atoms with Crippen LogP contribution in [0.4, 0.5) is 4.39 Å². The normalized spacial score (nSPS) is 23.6. The van der Waals surface area contributed by atoms with Gasteiger partial charge in [0.2, 0.25) is 0 Å². The van der Waals surface area contributed by atoms with Crippen molar-refractivity contribution in [3.05, 3.63) is 70.5 Å². The summed E-state index contributed by atoms with van der Waals surface area (Å²) in [6, 6.07) is 11.9. The molecule has 0 spiro atoms. The van der Waals surface area contributed by atoms with Crippen molar-refractivity contribution in [2.75, 3.05) is 19.7 Å². The van der Waals surface area contributed by atoms with Crippen molar-refractivity contribution in [2.24, 2.45) is 0 Å². The molecule has 0 aromatic heterocycles. The highest BCUT2D eigenvalue weighted by atomic mass is 35.5. The van der Waals surface area contributed by atoms with Gasteiger partial charge in [-0.25, -0.2) is 4.39 Å². The van der Waals surface area contributed by atoms with Crippen LogP contribution in [0.1, 0.15) is 20.7 Å². The molecular formula is C20H20ClFN2O5. The Labute approximate surface area is 171 Å². The first kappa shape index (κ1) is 21.2. The Hall–Kier alpha value is -2.52. The zero-order chi connectivity index (χ0) is 21.0. The van der Waals surface area contributed by atoms with E-state index >= 15 is 0 Å². The second kappa shape index (κ2) is 8.87. The lowest BCUT2D eigenvalue weighted by molar-refractivity contribution is -0.0464. The summed E-state index contributed by atoms with van der Waals surface area (Å²) in [5.41, 5.74) is -1.68. The Bertz CT molecular complexity index is 912. The minimum Gasteiger partial charge on any atom is -0.387 e. The number of carbonyl (C=O) groups excluding carboxylic acids is 2. The van der Waals surface area contributed by atoms with Crippen molar-refractivity contribution >= 4 is 23.4 Å². The van der Waals surface area contributed by atoms with Crippen molar-refractivity contribution < 1.29 is 28.9 Å². The first-order valence-corrected chi connectivity index (χ1v) is 9.27. The number of ether oxygens (including phenoxy) is 1. The second-order valence-electron chi connectivity index (χ2n) is 6.75. The molecule has 1 saturated heterocycles. The predicted molar refractivity (Wildman–Crippen MR) is 103 cm³/mol. The van der Waals surface area contributed by atoms with Gasteiger partial charge in [-0.2, -0.15) is 0 Å². The number of hydrogen-bond acceptors (Lipinski definition) is 5. The average Bonchev–Trinajstić information content (AvgIpc) is 2.99. The van der Waals surface area contributed by atoms with Gasteiger partial charge in [0.15, 0.2) is 0 Å². The fourth-order valence-electron chi connectivity index (χ4n) is 3.01. The third-order valence-electron chi connectivity index (χ3n) is 4.71. The highest BCUT2D eigenvalue weighted by molar-refractivity contribution is 6.33. The Kier molecular flexibility index (Phi) is 6.49. The van der Waals surface area contributed by atoms with E-state index in [1.807, 2.05) is 0 Å². The first-order chi connectivity index (χ1) is 13.8. The highest BCUT2D eigenvalue weighted by Crippen LogP contribution is 2.24. The number of halogens is 2. The first-order valence-electron chi connectivity index (χ1n) is 8.89. The molecule has 1 aliphatic heterocycles. The van der Waals surface area contributed by atoms with Crippen molar-refractivity contribution in [3.63, 3.8) is 0 Å². The fourth-order valence-corrected chi connectivity index (χ4v) is 3.23. The molecular weight excluding hydrogens is 403 g/mol. The smallest absolute Gasteiger partial charge is 0.254 e. The second-order valence-corrected chi connectivity index (χ2v) is 7.16. The summed E-state index contributed by atoms with van der Waals surface area (Å²) in [5, 5.41) is 26.3. The standard InChI is InChI=1S/C20H20ClFN2O5/c21-14-7-3-1-5-12(14)18(26)23-9-16-17(25)20(28,11-29-16)10-24-19(27)13-6-2-4-8-15(13)22/h1-8,16-17,25,28H,9-11H2,(H,23,26)(H,24,27)/t16-,17-,20+/m1/s1. The molecule has 4 N–H and O–H groups in total. The van der Waals surface area contributed by atoms with Crippen molar-refractivity contribution in [1.82, 2.24) is 10.6 Å². The molecule has 0 bridgehead atoms. The average molecular weight is 423 g/mol. The third kappa shape index (κ3) is 4.73. The Morgan fingerprint density at radius 1 is 1.10 bits per heavy atom. The Morgan fingerprint density at radius 2 is 1.72 bits per heavy atom. The van der Waals surface area contributed by atoms with E-state index in [0.717, 1.165) is 6.07 Å². The van der Waals surface area contributed by atoms with Crippen LogP contribution in [0, 0.1) is 5.82 Å². The summed E-state index contributed by atoms with van der Waals surface area (Å²) in [6.45, 7) is -0.691. The lowest BCUT2D eigenvalue weighted by Gasteiger charge is -2.26. The van der Waals surface area contributed by atoms with E-state index in [-0.39, 0.29) is 35.8 Å². The van der Waals surface area contributed by atoms with Gasteiger partial charge in [0.1, 0.15) is 23.6 Å². The summed E-state index contributed by atoms with van der Waals surface area (Å²) in [4.78, 5) is 24.3. The van der Waals surface area contributed by atoms with Crippen LogP contribution in [0.15, 0.2) is 48.5 Å². The van der Waals surface area contributed by atoms with E-state index in [2.05, 4.69) is 10.6 Å². The molecule has 7 nitrogen and oxygen atoms in total. The maximum atomic E-state index is 13.7. The van der Waals surface area contributed by atoms with Crippen LogP contribution in [-0.4, -0.2) is 59.5 Å². The van der Waals surface area contributed by atoms with Gasteiger partial charge in [0.25, 0.3) is 11.8 Å². The molecule has 1 heterocycles. The minimum absolute atomic E-state index is 0.0746. The van der Waals surface area contributed by atoms with Crippen molar-refractivity contribution in [3.8, 4) is 0 Å². The monoisotopic (exact) mass is 422 g/mol. The maximum absolute atomic E-state index is 13.7. The SMILES string of the molecule is O=C(NC[C@]1(O)CO[C@H](CNC(=O)c2ccccc2Cl)[C@H]1O)c1ccccc1F. The molecule has 9 heteroatoms. The number of nitrogens with one attached hydrogen (secondary N) is 2. The Morgan fingerprint density at radius 3 is 2.41 bits per heavy atom. The summed E-state index contributed by atoms with van der Waals surface area (Å²) >= 11 is 5.97. The molecule has 0 aliphatic carbocycles. The molecule has 1 fully saturated rings. The number of aliphatic hydroxyl groups is 2. The van der Waals surface area contributed by atoms with E-state index in [1.165, 1.54) is 18.2 Å². The van der Waals surface area contributed by atoms with Gasteiger partial charge in [0, 0.05) is 6.54 Å². The largest absolute Gasteiger partial charge is 0.387 e. The molecule has 2 aromatic carbocycles. The molecule has 0 unspecified atom stereocenters. The number of amides is 2. The van der Waals surface area contributed by atoms with Crippen LogP contribution in [0.3, 0.4) is 0 Å². The van der Waals surface area contributed by atoms with Gasteiger partial charge in [-0.05, 0) is 24.3 Å². The lowest BCUT2D eigenvalue weighted by Crippen LogP contribution is -2.53. The van der Waals surface area contributed by atoms with Gasteiger partial charge in [0.05, 0.1) is 29.3 Å². The molecule has 2 amide bonds. The maximum Gasteiger partial charge on any atom is 0.254 e. The lowest BCUT2D eigenvalue weighted by atomic mass is 9.96. The Balaban J connectivity index is 1.55. The number of rotatable bonds is 6. The number of carbonyl (C=O) groups is 2. The number of aliphatic hydroxyl groups excluding tert-OH is 1.